The number of hydrogen-bond donors (Lipinski definition) is 1. The van der Waals surface area contributed by atoms with Gasteiger partial charge in [0.05, 0.1) is 5.56 Å². The minimum absolute atomic E-state index is 0.0846. The number of carbonyl (C=O) groups is 1. The molecule has 2 aromatic carbocycles. The summed E-state index contributed by atoms with van der Waals surface area (Å²) in [6, 6.07) is 11.8. The van der Waals surface area contributed by atoms with E-state index >= 15 is 0 Å². The first-order chi connectivity index (χ1) is 11.7. The van der Waals surface area contributed by atoms with Gasteiger partial charge in [0.25, 0.3) is 5.91 Å². The molecular formula is C18H15BrN2O3. The van der Waals surface area contributed by atoms with Crippen molar-refractivity contribution in [3.8, 4) is 11.5 Å². The summed E-state index contributed by atoms with van der Waals surface area (Å²) in [5.41, 5.74) is 2.58. The highest BCUT2D eigenvalue weighted by Crippen LogP contribution is 2.45. The van der Waals surface area contributed by atoms with Crippen LogP contribution in [0.15, 0.2) is 40.9 Å². The average molecular weight is 387 g/mol. The van der Waals surface area contributed by atoms with Crippen LogP contribution in [0, 0.1) is 0 Å². The Hall–Kier alpha value is -2.21. The van der Waals surface area contributed by atoms with Crippen molar-refractivity contribution in [3.05, 3.63) is 52.0 Å². The minimum atomic E-state index is -0.219. The van der Waals surface area contributed by atoms with Gasteiger partial charge >= 0.3 is 0 Å². The van der Waals surface area contributed by atoms with Gasteiger partial charge < -0.3 is 19.7 Å². The maximum absolute atomic E-state index is 13.0. The average Bonchev–Trinajstić information content (AvgIpc) is 3.32. The third kappa shape index (κ3) is 2.09. The Bertz CT molecular complexity index is 850. The molecule has 3 aliphatic rings. The van der Waals surface area contributed by atoms with Crippen LogP contribution in [0.4, 0.5) is 5.69 Å². The topological polar surface area (TPSA) is 50.8 Å². The SMILES string of the molecule is O=C1c2ccccc2N[C@H](c2cc3c(cc2Br)OCO3)N1C1CC1. The van der Waals surface area contributed by atoms with Gasteiger partial charge in [0.15, 0.2) is 11.5 Å². The standard InChI is InChI=1S/C18H15BrN2O3/c19-13-8-16-15(23-9-24-16)7-12(13)17-20-14-4-2-1-3-11(14)18(22)21(17)10-5-6-10/h1-4,7-8,10,17,20H,5-6,9H2/t17-/m0/s1. The Balaban J connectivity index is 1.63. The molecule has 2 heterocycles. The lowest BCUT2D eigenvalue weighted by Crippen LogP contribution is -2.44. The lowest BCUT2D eigenvalue weighted by Gasteiger charge is -2.38. The van der Waals surface area contributed by atoms with Crippen LogP contribution in [0.25, 0.3) is 0 Å². The first-order valence-electron chi connectivity index (χ1n) is 7.99. The molecule has 1 N–H and O–H groups in total. The van der Waals surface area contributed by atoms with E-state index in [0.717, 1.165) is 45.6 Å². The minimum Gasteiger partial charge on any atom is -0.454 e. The second-order valence-electron chi connectivity index (χ2n) is 6.26. The number of fused-ring (bicyclic) bond motifs is 2. The van der Waals surface area contributed by atoms with Crippen LogP contribution < -0.4 is 14.8 Å². The van der Waals surface area contributed by atoms with Crippen LogP contribution >= 0.6 is 15.9 Å². The maximum atomic E-state index is 13.0. The number of para-hydroxylation sites is 1. The number of halogens is 1. The summed E-state index contributed by atoms with van der Waals surface area (Å²) in [5.74, 6) is 1.53. The smallest absolute Gasteiger partial charge is 0.258 e. The van der Waals surface area contributed by atoms with E-state index in [0.29, 0.717) is 6.04 Å². The molecule has 122 valence electrons. The molecule has 0 unspecified atom stereocenters. The maximum Gasteiger partial charge on any atom is 0.258 e. The summed E-state index contributed by atoms with van der Waals surface area (Å²) in [4.78, 5) is 15.0. The summed E-state index contributed by atoms with van der Waals surface area (Å²) in [6.45, 7) is 0.234. The predicted molar refractivity (Wildman–Crippen MR) is 92.3 cm³/mol. The fourth-order valence-corrected chi connectivity index (χ4v) is 3.91. The van der Waals surface area contributed by atoms with E-state index in [1.807, 2.05) is 41.3 Å². The van der Waals surface area contributed by atoms with Crippen molar-refractivity contribution in [1.29, 1.82) is 0 Å². The zero-order valence-electron chi connectivity index (χ0n) is 12.8. The summed E-state index contributed by atoms with van der Waals surface area (Å²) < 4.78 is 11.9. The molecule has 0 radical (unpaired) electrons. The highest BCUT2D eigenvalue weighted by molar-refractivity contribution is 9.10. The lowest BCUT2D eigenvalue weighted by molar-refractivity contribution is 0.0665. The molecule has 1 atom stereocenters. The van der Waals surface area contributed by atoms with E-state index < -0.39 is 0 Å². The number of hydrogen-bond acceptors (Lipinski definition) is 4. The van der Waals surface area contributed by atoms with E-state index in [1.165, 1.54) is 0 Å². The van der Waals surface area contributed by atoms with Crippen molar-refractivity contribution < 1.29 is 14.3 Å². The number of nitrogens with one attached hydrogen (secondary N) is 1. The van der Waals surface area contributed by atoms with Gasteiger partial charge in [0.2, 0.25) is 6.79 Å². The molecule has 5 rings (SSSR count). The van der Waals surface area contributed by atoms with E-state index in [2.05, 4.69) is 21.2 Å². The molecule has 1 saturated carbocycles. The molecule has 0 saturated heterocycles. The molecule has 1 aliphatic carbocycles. The zero-order valence-corrected chi connectivity index (χ0v) is 14.4. The third-order valence-electron chi connectivity index (χ3n) is 4.69. The van der Waals surface area contributed by atoms with Crippen molar-refractivity contribution in [2.24, 2.45) is 0 Å². The predicted octanol–water partition coefficient (Wildman–Crippen LogP) is 3.91. The quantitative estimate of drug-likeness (QED) is 0.849. The molecule has 6 heteroatoms. The van der Waals surface area contributed by atoms with Gasteiger partial charge in [-0.1, -0.05) is 28.1 Å². The second-order valence-corrected chi connectivity index (χ2v) is 7.12. The Morgan fingerprint density at radius 1 is 1.12 bits per heavy atom. The van der Waals surface area contributed by atoms with E-state index in [9.17, 15) is 4.79 Å². The van der Waals surface area contributed by atoms with Crippen LogP contribution in [0.2, 0.25) is 0 Å². The molecule has 1 amide bonds. The van der Waals surface area contributed by atoms with Crippen molar-refractivity contribution >= 4 is 27.5 Å². The van der Waals surface area contributed by atoms with Crippen molar-refractivity contribution in [2.75, 3.05) is 12.1 Å². The van der Waals surface area contributed by atoms with E-state index in [-0.39, 0.29) is 18.9 Å². The zero-order chi connectivity index (χ0) is 16.3. The molecule has 0 bridgehead atoms. The molecule has 2 aromatic rings. The fraction of sp³-hybridized carbons (Fsp3) is 0.278. The number of carbonyl (C=O) groups excluding carboxylic acids is 1. The number of rotatable bonds is 2. The molecule has 2 aliphatic heterocycles. The number of benzene rings is 2. The number of ether oxygens (including phenoxy) is 2. The van der Waals surface area contributed by atoms with Crippen LogP contribution in [-0.4, -0.2) is 23.6 Å². The normalized spacial score (nSPS) is 21.5. The van der Waals surface area contributed by atoms with Gasteiger partial charge in [-0.25, -0.2) is 0 Å². The number of nitrogens with zero attached hydrogens (tertiary/aromatic N) is 1. The molecular weight excluding hydrogens is 372 g/mol. The van der Waals surface area contributed by atoms with Crippen molar-refractivity contribution in [1.82, 2.24) is 4.90 Å². The second kappa shape index (κ2) is 5.14. The summed E-state index contributed by atoms with van der Waals surface area (Å²) in [5, 5.41) is 3.53. The Morgan fingerprint density at radius 3 is 2.67 bits per heavy atom. The number of amides is 1. The molecule has 5 nitrogen and oxygen atoms in total. The number of anilines is 1. The van der Waals surface area contributed by atoms with Crippen LogP contribution in [0.3, 0.4) is 0 Å². The molecule has 0 aromatic heterocycles. The third-order valence-corrected chi connectivity index (χ3v) is 5.38. The fourth-order valence-electron chi connectivity index (χ4n) is 3.37. The van der Waals surface area contributed by atoms with Crippen LogP contribution in [-0.2, 0) is 0 Å². The van der Waals surface area contributed by atoms with Gasteiger partial charge in [-0.2, -0.15) is 0 Å². The van der Waals surface area contributed by atoms with Crippen molar-refractivity contribution in [2.45, 2.75) is 25.0 Å². The monoisotopic (exact) mass is 386 g/mol. The highest BCUT2D eigenvalue weighted by Gasteiger charge is 2.42. The Kier molecular flexibility index (Phi) is 3.03. The first-order valence-corrected chi connectivity index (χ1v) is 8.79. The van der Waals surface area contributed by atoms with Gasteiger partial charge in [0.1, 0.15) is 6.17 Å². The van der Waals surface area contributed by atoms with Crippen LogP contribution in [0.5, 0.6) is 11.5 Å². The van der Waals surface area contributed by atoms with Gasteiger partial charge in [-0.15, -0.1) is 0 Å². The first kappa shape index (κ1) is 14.2. The largest absolute Gasteiger partial charge is 0.454 e. The summed E-state index contributed by atoms with van der Waals surface area (Å²) in [7, 11) is 0. The summed E-state index contributed by atoms with van der Waals surface area (Å²) >= 11 is 3.63. The van der Waals surface area contributed by atoms with Gasteiger partial charge in [0, 0.05) is 21.8 Å². The van der Waals surface area contributed by atoms with E-state index in [4.69, 9.17) is 9.47 Å². The Morgan fingerprint density at radius 2 is 1.88 bits per heavy atom. The molecule has 1 fully saturated rings. The Labute approximate surface area is 147 Å². The molecule has 0 spiro atoms. The summed E-state index contributed by atoms with van der Waals surface area (Å²) in [6.07, 6.45) is 1.88. The lowest BCUT2D eigenvalue weighted by atomic mass is 10.0. The van der Waals surface area contributed by atoms with Gasteiger partial charge in [-0.3, -0.25) is 4.79 Å². The molecule has 24 heavy (non-hydrogen) atoms. The van der Waals surface area contributed by atoms with Gasteiger partial charge in [-0.05, 0) is 37.1 Å². The van der Waals surface area contributed by atoms with Crippen LogP contribution in [0.1, 0.15) is 34.9 Å². The highest BCUT2D eigenvalue weighted by atomic mass is 79.9. The van der Waals surface area contributed by atoms with Crippen molar-refractivity contribution in [3.63, 3.8) is 0 Å². The van der Waals surface area contributed by atoms with E-state index in [1.54, 1.807) is 0 Å².